The number of nitrogens with zero attached hydrogens (tertiary/aromatic N) is 2. The summed E-state index contributed by atoms with van der Waals surface area (Å²) in [5.41, 5.74) is 1.50. The van der Waals surface area contributed by atoms with Crippen molar-refractivity contribution in [2.75, 3.05) is 6.61 Å². The van der Waals surface area contributed by atoms with Gasteiger partial charge in [-0.2, -0.15) is 5.10 Å². The van der Waals surface area contributed by atoms with Crippen molar-refractivity contribution in [3.05, 3.63) is 11.4 Å². The number of nitrogens with one attached hydrogen (secondary N) is 1. The number of hydrogen-bond acceptors (Lipinski definition) is 4. The standard InChI is InChI=1S/C13H21N3O4/c1-7(2)11(13(18)19)14-10(17)6-20-12-8(3)15-16(5)9(12)4/h7,11H,6H2,1-5H3,(H,14,17)(H,18,19). The molecule has 7 heteroatoms. The number of rotatable bonds is 6. The van der Waals surface area contributed by atoms with Crippen molar-refractivity contribution in [2.45, 2.75) is 33.7 Å². The molecule has 1 heterocycles. The van der Waals surface area contributed by atoms with Crippen LogP contribution < -0.4 is 10.1 Å². The second kappa shape index (κ2) is 6.40. The average Bonchev–Trinajstić information content (AvgIpc) is 2.57. The van der Waals surface area contributed by atoms with Crippen molar-refractivity contribution < 1.29 is 19.4 Å². The van der Waals surface area contributed by atoms with Gasteiger partial charge in [0.25, 0.3) is 5.91 Å². The van der Waals surface area contributed by atoms with Crippen LogP contribution in [0.5, 0.6) is 5.75 Å². The second-order valence-corrected chi connectivity index (χ2v) is 5.04. The van der Waals surface area contributed by atoms with Crippen LogP contribution in [0.2, 0.25) is 0 Å². The minimum Gasteiger partial charge on any atom is -0.480 e. The van der Waals surface area contributed by atoms with Crippen LogP contribution in [0.3, 0.4) is 0 Å². The van der Waals surface area contributed by atoms with Gasteiger partial charge in [0.15, 0.2) is 12.4 Å². The molecule has 1 rings (SSSR count). The van der Waals surface area contributed by atoms with Gasteiger partial charge in [0.1, 0.15) is 11.7 Å². The number of amides is 1. The summed E-state index contributed by atoms with van der Waals surface area (Å²) >= 11 is 0. The first-order valence-electron chi connectivity index (χ1n) is 6.39. The van der Waals surface area contributed by atoms with Gasteiger partial charge in [-0.1, -0.05) is 13.8 Å². The molecule has 1 aromatic heterocycles. The summed E-state index contributed by atoms with van der Waals surface area (Å²) in [6.07, 6.45) is 0. The van der Waals surface area contributed by atoms with Crippen molar-refractivity contribution in [1.29, 1.82) is 0 Å². The second-order valence-electron chi connectivity index (χ2n) is 5.04. The summed E-state index contributed by atoms with van der Waals surface area (Å²) in [6, 6.07) is -0.915. The molecule has 20 heavy (non-hydrogen) atoms. The molecule has 0 radical (unpaired) electrons. The minimum absolute atomic E-state index is 0.196. The Bertz CT molecular complexity index is 508. The Hall–Kier alpha value is -2.05. The third-order valence-corrected chi connectivity index (χ3v) is 3.04. The normalized spacial score (nSPS) is 12.3. The fourth-order valence-electron chi connectivity index (χ4n) is 1.83. The van der Waals surface area contributed by atoms with E-state index in [0.29, 0.717) is 11.4 Å². The number of aliphatic carboxylic acids is 1. The molecule has 0 saturated carbocycles. The highest BCUT2D eigenvalue weighted by Gasteiger charge is 2.23. The summed E-state index contributed by atoms with van der Waals surface area (Å²) in [6.45, 7) is 6.85. The first kappa shape index (κ1) is 16.0. The predicted molar refractivity (Wildman–Crippen MR) is 72.6 cm³/mol. The number of carboxylic acids is 1. The summed E-state index contributed by atoms with van der Waals surface area (Å²) in [4.78, 5) is 22.7. The van der Waals surface area contributed by atoms with Crippen molar-refractivity contribution in [1.82, 2.24) is 15.1 Å². The molecular formula is C13H21N3O4. The Morgan fingerprint density at radius 2 is 2.00 bits per heavy atom. The number of carbonyl (C=O) groups excluding carboxylic acids is 1. The fraction of sp³-hybridized carbons (Fsp3) is 0.615. The number of aryl methyl sites for hydroxylation is 2. The van der Waals surface area contributed by atoms with Crippen molar-refractivity contribution in [2.24, 2.45) is 13.0 Å². The number of hydrogen-bond donors (Lipinski definition) is 2. The van der Waals surface area contributed by atoms with Crippen LogP contribution in [0.25, 0.3) is 0 Å². The van der Waals surface area contributed by atoms with E-state index in [4.69, 9.17) is 9.84 Å². The molecule has 0 spiro atoms. The van der Waals surface area contributed by atoms with Gasteiger partial charge in [-0.15, -0.1) is 0 Å². The van der Waals surface area contributed by atoms with Crippen molar-refractivity contribution in [3.8, 4) is 5.75 Å². The van der Waals surface area contributed by atoms with E-state index in [-0.39, 0.29) is 12.5 Å². The maximum absolute atomic E-state index is 11.7. The van der Waals surface area contributed by atoms with Crippen LogP contribution >= 0.6 is 0 Å². The van der Waals surface area contributed by atoms with Crippen LogP contribution in [0.1, 0.15) is 25.2 Å². The lowest BCUT2D eigenvalue weighted by atomic mass is 10.1. The Balaban J connectivity index is 2.61. The first-order valence-corrected chi connectivity index (χ1v) is 6.39. The highest BCUT2D eigenvalue weighted by Crippen LogP contribution is 2.21. The van der Waals surface area contributed by atoms with Gasteiger partial charge >= 0.3 is 5.97 Å². The van der Waals surface area contributed by atoms with E-state index in [1.54, 1.807) is 32.5 Å². The van der Waals surface area contributed by atoms with Crippen LogP contribution in [0, 0.1) is 19.8 Å². The zero-order chi connectivity index (χ0) is 15.4. The van der Waals surface area contributed by atoms with Crippen molar-refractivity contribution in [3.63, 3.8) is 0 Å². The summed E-state index contributed by atoms with van der Waals surface area (Å²) in [7, 11) is 1.79. The smallest absolute Gasteiger partial charge is 0.326 e. The molecule has 0 aliphatic carbocycles. The Labute approximate surface area is 117 Å². The van der Waals surface area contributed by atoms with E-state index in [1.807, 2.05) is 6.92 Å². The lowest BCUT2D eigenvalue weighted by molar-refractivity contribution is -0.143. The van der Waals surface area contributed by atoms with Crippen LogP contribution in [-0.4, -0.2) is 39.4 Å². The fourth-order valence-corrected chi connectivity index (χ4v) is 1.83. The molecule has 0 saturated heterocycles. The van der Waals surface area contributed by atoms with Gasteiger partial charge in [0.05, 0.1) is 5.69 Å². The third kappa shape index (κ3) is 3.72. The van der Waals surface area contributed by atoms with Gasteiger partial charge < -0.3 is 15.2 Å². The molecule has 0 fully saturated rings. The average molecular weight is 283 g/mol. The van der Waals surface area contributed by atoms with E-state index in [0.717, 1.165) is 5.69 Å². The van der Waals surface area contributed by atoms with Crippen LogP contribution in [0.15, 0.2) is 0 Å². The number of carbonyl (C=O) groups is 2. The topological polar surface area (TPSA) is 93.5 Å². The molecule has 1 unspecified atom stereocenters. The van der Waals surface area contributed by atoms with Gasteiger partial charge in [-0.25, -0.2) is 4.79 Å². The SMILES string of the molecule is Cc1nn(C)c(C)c1OCC(=O)NC(C(=O)O)C(C)C. The van der Waals surface area contributed by atoms with E-state index in [2.05, 4.69) is 10.4 Å². The molecule has 112 valence electrons. The lowest BCUT2D eigenvalue weighted by Crippen LogP contribution is -2.46. The highest BCUT2D eigenvalue weighted by atomic mass is 16.5. The van der Waals surface area contributed by atoms with Gasteiger partial charge in [0, 0.05) is 7.05 Å². The summed E-state index contributed by atoms with van der Waals surface area (Å²) in [5.74, 6) is -1.16. The Kier molecular flexibility index (Phi) is 5.12. The largest absolute Gasteiger partial charge is 0.480 e. The van der Waals surface area contributed by atoms with E-state index >= 15 is 0 Å². The minimum atomic E-state index is -1.05. The van der Waals surface area contributed by atoms with Crippen LogP contribution in [0.4, 0.5) is 0 Å². The summed E-state index contributed by atoms with van der Waals surface area (Å²) < 4.78 is 7.09. The van der Waals surface area contributed by atoms with Gasteiger partial charge in [0.2, 0.25) is 0 Å². The molecule has 0 aliphatic rings. The molecule has 1 atom stereocenters. The lowest BCUT2D eigenvalue weighted by Gasteiger charge is -2.18. The zero-order valence-electron chi connectivity index (χ0n) is 12.4. The monoisotopic (exact) mass is 283 g/mol. The molecule has 2 N–H and O–H groups in total. The predicted octanol–water partition coefficient (Wildman–Crippen LogP) is 0.641. The number of carboxylic acid groups (broad SMARTS) is 1. The molecule has 0 aromatic carbocycles. The maximum atomic E-state index is 11.7. The van der Waals surface area contributed by atoms with Crippen molar-refractivity contribution >= 4 is 11.9 Å². The first-order chi connectivity index (χ1) is 9.23. The Morgan fingerprint density at radius 3 is 2.40 bits per heavy atom. The quantitative estimate of drug-likeness (QED) is 0.799. The van der Waals surface area contributed by atoms with Crippen LogP contribution in [-0.2, 0) is 16.6 Å². The van der Waals surface area contributed by atoms with Gasteiger partial charge in [-0.05, 0) is 19.8 Å². The maximum Gasteiger partial charge on any atom is 0.326 e. The van der Waals surface area contributed by atoms with E-state index in [1.165, 1.54) is 0 Å². The van der Waals surface area contributed by atoms with Gasteiger partial charge in [-0.3, -0.25) is 9.48 Å². The zero-order valence-corrected chi connectivity index (χ0v) is 12.4. The Morgan fingerprint density at radius 1 is 1.40 bits per heavy atom. The molecule has 1 aromatic rings. The third-order valence-electron chi connectivity index (χ3n) is 3.04. The molecular weight excluding hydrogens is 262 g/mol. The molecule has 0 aliphatic heterocycles. The molecule has 0 bridgehead atoms. The molecule has 1 amide bonds. The molecule has 7 nitrogen and oxygen atoms in total. The number of aromatic nitrogens is 2. The van der Waals surface area contributed by atoms with E-state index < -0.39 is 17.9 Å². The number of ether oxygens (including phenoxy) is 1. The van der Waals surface area contributed by atoms with E-state index in [9.17, 15) is 9.59 Å². The highest BCUT2D eigenvalue weighted by molar-refractivity contribution is 5.84. The summed E-state index contributed by atoms with van der Waals surface area (Å²) in [5, 5.41) is 15.6.